The Kier molecular flexibility index (Phi) is 7.61. The topological polar surface area (TPSA) is 84.2 Å². The van der Waals surface area contributed by atoms with E-state index in [4.69, 9.17) is 21.9 Å². The van der Waals surface area contributed by atoms with E-state index in [9.17, 15) is 14.4 Å². The fourth-order valence-electron chi connectivity index (χ4n) is 4.43. The molecule has 1 atom stereocenters. The average molecular weight is 515 g/mol. The average Bonchev–Trinajstić information content (AvgIpc) is 3.13. The molecule has 2 aliphatic heterocycles. The molecule has 8 nitrogen and oxygen atoms in total. The quantitative estimate of drug-likeness (QED) is 0.327. The van der Waals surface area contributed by atoms with Gasteiger partial charge >= 0.3 is 5.97 Å². The minimum Gasteiger partial charge on any atom is -0.466 e. The highest BCUT2D eigenvalue weighted by molar-refractivity contribution is 8.26. The number of piperidine rings is 1. The highest BCUT2D eigenvalue weighted by Gasteiger charge is 2.36. The van der Waals surface area contributed by atoms with Crippen molar-refractivity contribution in [3.8, 4) is 0 Å². The molecule has 0 bridgehead atoms. The van der Waals surface area contributed by atoms with E-state index in [0.29, 0.717) is 58.8 Å². The van der Waals surface area contributed by atoms with Gasteiger partial charge in [0.1, 0.15) is 15.8 Å². The second kappa shape index (κ2) is 10.5. The van der Waals surface area contributed by atoms with Crippen LogP contribution in [0.1, 0.15) is 51.2 Å². The van der Waals surface area contributed by atoms with E-state index in [1.807, 2.05) is 37.8 Å². The number of fused-ring (bicyclic) bond motifs is 1. The zero-order valence-corrected chi connectivity index (χ0v) is 22.1. The fourth-order valence-corrected chi connectivity index (χ4v) is 5.87. The summed E-state index contributed by atoms with van der Waals surface area (Å²) in [6.45, 7) is 9.17. The summed E-state index contributed by atoms with van der Waals surface area (Å²) in [5, 5.41) is 0. The molecule has 4 heterocycles. The van der Waals surface area contributed by atoms with Gasteiger partial charge in [-0.05, 0) is 57.7 Å². The molecule has 0 aliphatic carbocycles. The highest BCUT2D eigenvalue weighted by Crippen LogP contribution is 2.35. The first-order valence-corrected chi connectivity index (χ1v) is 13.2. The van der Waals surface area contributed by atoms with Crippen LogP contribution in [0, 0.1) is 12.8 Å². The van der Waals surface area contributed by atoms with Crippen LogP contribution in [0.25, 0.3) is 11.7 Å². The molecule has 2 aromatic rings. The second-order valence-corrected chi connectivity index (χ2v) is 10.5. The highest BCUT2D eigenvalue weighted by atomic mass is 32.2. The Balaban J connectivity index is 1.77. The Morgan fingerprint density at radius 1 is 1.31 bits per heavy atom. The van der Waals surface area contributed by atoms with E-state index < -0.39 is 0 Å². The summed E-state index contributed by atoms with van der Waals surface area (Å²) < 4.78 is 7.21. The molecule has 0 unspecified atom stereocenters. The largest absolute Gasteiger partial charge is 0.466 e. The van der Waals surface area contributed by atoms with E-state index >= 15 is 0 Å². The summed E-state index contributed by atoms with van der Waals surface area (Å²) in [6, 6.07) is 3.70. The number of ether oxygens (including phenoxy) is 1. The lowest BCUT2D eigenvalue weighted by molar-refractivity contribution is -0.148. The van der Waals surface area contributed by atoms with Crippen LogP contribution < -0.4 is 10.5 Å². The fraction of sp³-hybridized carbons (Fsp3) is 0.480. The van der Waals surface area contributed by atoms with Gasteiger partial charge in [-0.2, -0.15) is 0 Å². The number of rotatable bonds is 6. The van der Waals surface area contributed by atoms with Crippen molar-refractivity contribution in [2.45, 2.75) is 53.0 Å². The molecule has 0 N–H and O–H groups in total. The summed E-state index contributed by atoms with van der Waals surface area (Å²) in [4.78, 5) is 48.0. The minimum atomic E-state index is -0.241. The van der Waals surface area contributed by atoms with Crippen molar-refractivity contribution < 1.29 is 14.3 Å². The predicted molar refractivity (Wildman–Crippen MR) is 143 cm³/mol. The maximum atomic E-state index is 13.7. The standard InChI is InChI=1S/C25H30N4O4S2/c1-5-16(4)29-23(31)19(35-25(29)34)14-18-21(26-20-15(3)8-7-11-28(20)22(18)30)27-12-9-17(10-13-27)24(32)33-6-2/h7-8,11,14,16-17H,5-6,9-10,12-13H2,1-4H3/b19-14-/t16-/m0/s1. The van der Waals surface area contributed by atoms with Gasteiger partial charge in [0, 0.05) is 25.3 Å². The van der Waals surface area contributed by atoms with Gasteiger partial charge in [0.25, 0.3) is 11.5 Å². The summed E-state index contributed by atoms with van der Waals surface area (Å²) >= 11 is 6.69. The number of anilines is 1. The van der Waals surface area contributed by atoms with E-state index in [-0.39, 0.29) is 29.4 Å². The number of aromatic nitrogens is 2. The molecule has 2 saturated heterocycles. The van der Waals surface area contributed by atoms with E-state index in [2.05, 4.69) is 0 Å². The number of hydrogen-bond acceptors (Lipinski definition) is 8. The van der Waals surface area contributed by atoms with Gasteiger partial charge in [-0.15, -0.1) is 0 Å². The van der Waals surface area contributed by atoms with Gasteiger partial charge in [0.15, 0.2) is 0 Å². The number of carbonyl (C=O) groups is 2. The number of amides is 1. The van der Waals surface area contributed by atoms with E-state index in [0.717, 1.165) is 12.0 Å². The van der Waals surface area contributed by atoms with Crippen LogP contribution in [-0.2, 0) is 14.3 Å². The molecule has 2 aliphatic rings. The smallest absolute Gasteiger partial charge is 0.309 e. The Morgan fingerprint density at radius 2 is 2.03 bits per heavy atom. The number of aryl methyl sites for hydroxylation is 1. The number of thiocarbonyl (C=S) groups is 1. The Labute approximate surface area is 214 Å². The predicted octanol–water partition coefficient (Wildman–Crippen LogP) is 3.78. The number of pyridine rings is 1. The van der Waals surface area contributed by atoms with Crippen molar-refractivity contribution in [2.24, 2.45) is 5.92 Å². The van der Waals surface area contributed by atoms with Gasteiger partial charge in [-0.25, -0.2) is 4.98 Å². The number of thioether (sulfide) groups is 1. The molecule has 0 spiro atoms. The van der Waals surface area contributed by atoms with Crippen LogP contribution in [0.15, 0.2) is 28.0 Å². The maximum Gasteiger partial charge on any atom is 0.309 e. The second-order valence-electron chi connectivity index (χ2n) is 8.86. The molecule has 4 rings (SSSR count). The van der Waals surface area contributed by atoms with E-state index in [1.54, 1.807) is 24.1 Å². The van der Waals surface area contributed by atoms with Crippen LogP contribution in [0.4, 0.5) is 5.82 Å². The Morgan fingerprint density at radius 3 is 2.69 bits per heavy atom. The lowest BCUT2D eigenvalue weighted by Crippen LogP contribution is -2.39. The molecule has 0 radical (unpaired) electrons. The van der Waals surface area contributed by atoms with Crippen LogP contribution >= 0.6 is 24.0 Å². The zero-order chi connectivity index (χ0) is 25.3. The SMILES string of the molecule is CCOC(=O)C1CCN(c2nc3c(C)cccn3c(=O)c2/C=C2\SC(=S)N([C@@H](C)CC)C2=O)CC1. The van der Waals surface area contributed by atoms with Crippen molar-refractivity contribution in [3.05, 3.63) is 44.7 Å². The zero-order valence-electron chi connectivity index (χ0n) is 20.4. The number of nitrogens with zero attached hydrogens (tertiary/aromatic N) is 4. The summed E-state index contributed by atoms with van der Waals surface area (Å²) in [7, 11) is 0. The third-order valence-corrected chi connectivity index (χ3v) is 7.94. The lowest BCUT2D eigenvalue weighted by Gasteiger charge is -2.32. The molecular weight excluding hydrogens is 484 g/mol. The third kappa shape index (κ3) is 4.86. The van der Waals surface area contributed by atoms with Crippen molar-refractivity contribution in [1.29, 1.82) is 0 Å². The maximum absolute atomic E-state index is 13.7. The third-order valence-electron chi connectivity index (χ3n) is 6.61. The monoisotopic (exact) mass is 514 g/mol. The van der Waals surface area contributed by atoms with Gasteiger partial charge < -0.3 is 9.64 Å². The molecule has 1 amide bonds. The Hall–Kier alpha value is -2.72. The molecule has 0 aromatic carbocycles. The normalized spacial score (nSPS) is 19.1. The first kappa shape index (κ1) is 25.4. The summed E-state index contributed by atoms with van der Waals surface area (Å²) in [5.74, 6) is 0.00340. The molecule has 186 valence electrons. The number of hydrogen-bond donors (Lipinski definition) is 0. The van der Waals surface area contributed by atoms with Gasteiger partial charge in [0.2, 0.25) is 0 Å². The van der Waals surface area contributed by atoms with Crippen LogP contribution in [0.2, 0.25) is 0 Å². The van der Waals surface area contributed by atoms with Crippen molar-refractivity contribution in [3.63, 3.8) is 0 Å². The molecule has 10 heteroatoms. The van der Waals surface area contributed by atoms with Crippen molar-refractivity contribution in [2.75, 3.05) is 24.6 Å². The van der Waals surface area contributed by atoms with Gasteiger partial charge in [0.05, 0.1) is 23.0 Å². The number of carbonyl (C=O) groups excluding carboxylic acids is 2. The molecule has 2 fully saturated rings. The molecule has 0 saturated carbocycles. The first-order valence-electron chi connectivity index (χ1n) is 12.0. The lowest BCUT2D eigenvalue weighted by atomic mass is 9.96. The van der Waals surface area contributed by atoms with Crippen molar-refractivity contribution in [1.82, 2.24) is 14.3 Å². The molecule has 2 aromatic heterocycles. The number of esters is 1. The van der Waals surface area contributed by atoms with Gasteiger partial charge in [-0.3, -0.25) is 23.7 Å². The van der Waals surface area contributed by atoms with Crippen LogP contribution in [0.5, 0.6) is 0 Å². The summed E-state index contributed by atoms with van der Waals surface area (Å²) in [5.41, 5.74) is 1.56. The van der Waals surface area contributed by atoms with Crippen molar-refractivity contribution >= 4 is 57.7 Å². The van der Waals surface area contributed by atoms with Crippen LogP contribution in [0.3, 0.4) is 0 Å². The molecule has 35 heavy (non-hydrogen) atoms. The van der Waals surface area contributed by atoms with Gasteiger partial charge in [-0.1, -0.05) is 37.0 Å². The Bertz CT molecular complexity index is 1260. The van der Waals surface area contributed by atoms with E-state index in [1.165, 1.54) is 16.2 Å². The minimum absolute atomic E-state index is 0.0201. The first-order chi connectivity index (χ1) is 16.8. The van der Waals surface area contributed by atoms with Crippen LogP contribution in [-0.4, -0.2) is 56.2 Å². The molecular formula is C25H30N4O4S2. The summed E-state index contributed by atoms with van der Waals surface area (Å²) in [6.07, 6.45) is 5.33.